The van der Waals surface area contributed by atoms with Crippen LogP contribution in [-0.4, -0.2) is 33.4 Å². The molecule has 0 atom stereocenters. The molecule has 0 bridgehead atoms. The summed E-state index contributed by atoms with van der Waals surface area (Å²) in [5, 5.41) is 9.15. The molecular formula is C24H26ClN3O3S. The first-order valence-corrected chi connectivity index (χ1v) is 11.6. The number of amides is 2. The first kappa shape index (κ1) is 24.0. The van der Waals surface area contributed by atoms with E-state index in [4.69, 9.17) is 11.6 Å². The highest BCUT2D eigenvalue weighted by molar-refractivity contribution is 8.14. The van der Waals surface area contributed by atoms with Gasteiger partial charge in [-0.15, -0.1) is 0 Å². The lowest BCUT2D eigenvalue weighted by Gasteiger charge is -2.25. The van der Waals surface area contributed by atoms with Crippen LogP contribution in [-0.2, 0) is 22.6 Å². The average molecular weight is 472 g/mol. The predicted octanol–water partition coefficient (Wildman–Crippen LogP) is 5.53. The predicted molar refractivity (Wildman–Crippen MR) is 130 cm³/mol. The minimum Gasteiger partial charge on any atom is -0.326 e. The molecular weight excluding hydrogens is 446 g/mol. The molecule has 8 heteroatoms. The summed E-state index contributed by atoms with van der Waals surface area (Å²) in [4.78, 5) is 36.5. The standard InChI is InChI=1S/C24H26ClN3O3S/c1-15(29)26-19-7-5-6-16(10-19)13-28-23(31)32-14-21(27-28)20-12-18(25)9-8-17(20)11-22(30)24(2,3)4/h5-10,12H,11,13-14H2,1-4H3,(H,26,29). The van der Waals surface area contributed by atoms with Crippen LogP contribution in [0.25, 0.3) is 0 Å². The largest absolute Gasteiger partial charge is 0.326 e. The zero-order valence-electron chi connectivity index (χ0n) is 18.6. The monoisotopic (exact) mass is 471 g/mol. The van der Waals surface area contributed by atoms with Crippen LogP contribution in [0.3, 0.4) is 0 Å². The lowest BCUT2D eigenvalue weighted by Crippen LogP contribution is -2.30. The van der Waals surface area contributed by atoms with Gasteiger partial charge in [-0.3, -0.25) is 14.4 Å². The number of carbonyl (C=O) groups excluding carboxylic acids is 3. The summed E-state index contributed by atoms with van der Waals surface area (Å²) in [7, 11) is 0. The molecule has 168 valence electrons. The van der Waals surface area contributed by atoms with E-state index < -0.39 is 5.41 Å². The Hall–Kier alpha value is -2.64. The topological polar surface area (TPSA) is 78.8 Å². The van der Waals surface area contributed by atoms with Gasteiger partial charge in [0.05, 0.1) is 12.3 Å². The fourth-order valence-electron chi connectivity index (χ4n) is 3.18. The highest BCUT2D eigenvalue weighted by Gasteiger charge is 2.26. The van der Waals surface area contributed by atoms with E-state index in [1.165, 1.54) is 11.9 Å². The first-order valence-electron chi connectivity index (χ1n) is 10.2. The number of hydrogen-bond acceptors (Lipinski definition) is 5. The third-order valence-corrected chi connectivity index (χ3v) is 6.05. The number of benzene rings is 2. The van der Waals surface area contributed by atoms with Crippen LogP contribution in [0.4, 0.5) is 10.5 Å². The van der Waals surface area contributed by atoms with Crippen molar-refractivity contribution < 1.29 is 14.4 Å². The summed E-state index contributed by atoms with van der Waals surface area (Å²) < 4.78 is 0. The van der Waals surface area contributed by atoms with E-state index >= 15 is 0 Å². The highest BCUT2D eigenvalue weighted by Crippen LogP contribution is 2.27. The molecule has 0 radical (unpaired) electrons. The number of Topliss-reactive ketones (excluding diaryl/α,β-unsaturated/α-hetero) is 1. The first-order chi connectivity index (χ1) is 15.0. The summed E-state index contributed by atoms with van der Waals surface area (Å²) in [5.74, 6) is 0.358. The molecule has 0 aromatic heterocycles. The van der Waals surface area contributed by atoms with Crippen molar-refractivity contribution in [1.29, 1.82) is 0 Å². The zero-order chi connectivity index (χ0) is 23.5. The second-order valence-electron chi connectivity index (χ2n) is 8.69. The summed E-state index contributed by atoms with van der Waals surface area (Å²) in [6.07, 6.45) is 0.270. The van der Waals surface area contributed by atoms with Crippen LogP contribution in [0.2, 0.25) is 5.02 Å². The average Bonchev–Trinajstić information content (AvgIpc) is 2.70. The third-order valence-electron chi connectivity index (χ3n) is 4.93. The fourth-order valence-corrected chi connectivity index (χ4v) is 4.08. The molecule has 6 nitrogen and oxygen atoms in total. The summed E-state index contributed by atoms with van der Waals surface area (Å²) in [5.41, 5.74) is 3.37. The number of rotatable bonds is 6. The molecule has 2 amide bonds. The second-order valence-corrected chi connectivity index (χ2v) is 10.1. The molecule has 0 saturated heterocycles. The van der Waals surface area contributed by atoms with Crippen molar-refractivity contribution in [2.24, 2.45) is 10.5 Å². The normalized spacial score (nSPS) is 14.2. The molecule has 32 heavy (non-hydrogen) atoms. The van der Waals surface area contributed by atoms with Crippen molar-refractivity contribution >= 4 is 51.7 Å². The Bertz CT molecular complexity index is 1090. The Morgan fingerprint density at radius 2 is 1.94 bits per heavy atom. The van der Waals surface area contributed by atoms with Crippen molar-refractivity contribution in [2.45, 2.75) is 40.7 Å². The lowest BCUT2D eigenvalue weighted by atomic mass is 9.85. The number of nitrogens with zero attached hydrogens (tertiary/aromatic N) is 2. The van der Waals surface area contributed by atoms with Crippen LogP contribution < -0.4 is 5.32 Å². The molecule has 0 saturated carbocycles. The van der Waals surface area contributed by atoms with Gasteiger partial charge in [-0.25, -0.2) is 5.01 Å². The lowest BCUT2D eigenvalue weighted by molar-refractivity contribution is -0.125. The van der Waals surface area contributed by atoms with Gasteiger partial charge < -0.3 is 5.32 Å². The molecule has 1 aliphatic heterocycles. The molecule has 3 rings (SSSR count). The maximum atomic E-state index is 12.6. The van der Waals surface area contributed by atoms with Crippen molar-refractivity contribution in [3.63, 3.8) is 0 Å². The Kier molecular flexibility index (Phi) is 7.41. The van der Waals surface area contributed by atoms with Crippen LogP contribution in [0.15, 0.2) is 47.6 Å². The Morgan fingerprint density at radius 1 is 1.19 bits per heavy atom. The van der Waals surface area contributed by atoms with E-state index in [2.05, 4.69) is 10.4 Å². The maximum absolute atomic E-state index is 12.6. The molecule has 0 spiro atoms. The molecule has 1 aliphatic rings. The fraction of sp³-hybridized carbons (Fsp3) is 0.333. The molecule has 2 aromatic rings. The van der Waals surface area contributed by atoms with Gasteiger partial charge in [0, 0.05) is 40.8 Å². The molecule has 0 aliphatic carbocycles. The van der Waals surface area contributed by atoms with Gasteiger partial charge in [0.25, 0.3) is 0 Å². The zero-order valence-corrected chi connectivity index (χ0v) is 20.1. The van der Waals surface area contributed by atoms with Gasteiger partial charge >= 0.3 is 5.24 Å². The van der Waals surface area contributed by atoms with Crippen LogP contribution >= 0.6 is 23.4 Å². The van der Waals surface area contributed by atoms with Crippen molar-refractivity contribution in [2.75, 3.05) is 11.1 Å². The number of ketones is 1. The van der Waals surface area contributed by atoms with E-state index in [1.807, 2.05) is 45.0 Å². The third kappa shape index (κ3) is 6.20. The van der Waals surface area contributed by atoms with Gasteiger partial charge in [-0.1, -0.05) is 62.3 Å². The number of hydrogen-bond donors (Lipinski definition) is 1. The summed E-state index contributed by atoms with van der Waals surface area (Å²) >= 11 is 7.42. The van der Waals surface area contributed by atoms with Gasteiger partial charge in [-0.05, 0) is 35.4 Å². The second kappa shape index (κ2) is 9.88. The van der Waals surface area contributed by atoms with E-state index in [0.717, 1.165) is 28.5 Å². The van der Waals surface area contributed by atoms with Crippen molar-refractivity contribution in [1.82, 2.24) is 5.01 Å². The number of hydrazone groups is 1. The summed E-state index contributed by atoms with van der Waals surface area (Å²) in [6, 6.07) is 12.7. The molecule has 0 fully saturated rings. The molecule has 0 unspecified atom stereocenters. The summed E-state index contributed by atoms with van der Waals surface area (Å²) in [6.45, 7) is 7.40. The SMILES string of the molecule is CC(=O)Nc1cccc(CN2N=C(c3cc(Cl)ccc3CC(=O)C(C)(C)C)CSC2=O)c1. The van der Waals surface area contributed by atoms with Crippen LogP contribution in [0, 0.1) is 5.41 Å². The number of anilines is 1. The van der Waals surface area contributed by atoms with Crippen LogP contribution in [0.1, 0.15) is 44.4 Å². The van der Waals surface area contributed by atoms with E-state index in [9.17, 15) is 14.4 Å². The van der Waals surface area contributed by atoms with E-state index in [-0.39, 0.29) is 29.9 Å². The van der Waals surface area contributed by atoms with Crippen LogP contribution in [0.5, 0.6) is 0 Å². The smallest absolute Gasteiger partial charge is 0.302 e. The number of halogens is 1. The van der Waals surface area contributed by atoms with Gasteiger partial charge in [0.2, 0.25) is 5.91 Å². The highest BCUT2D eigenvalue weighted by atomic mass is 35.5. The number of nitrogens with one attached hydrogen (secondary N) is 1. The Balaban J connectivity index is 1.90. The quantitative estimate of drug-likeness (QED) is 0.600. The molecule has 2 aromatic carbocycles. The molecule has 1 heterocycles. The van der Waals surface area contributed by atoms with Crippen molar-refractivity contribution in [3.8, 4) is 0 Å². The molecule has 1 N–H and O–H groups in total. The maximum Gasteiger partial charge on any atom is 0.302 e. The van der Waals surface area contributed by atoms with Gasteiger partial charge in [0.1, 0.15) is 5.78 Å². The minimum absolute atomic E-state index is 0.118. The van der Waals surface area contributed by atoms with E-state index in [1.54, 1.807) is 18.2 Å². The Morgan fingerprint density at radius 3 is 2.62 bits per heavy atom. The Labute approximate surface area is 197 Å². The number of carbonyl (C=O) groups is 3. The van der Waals surface area contributed by atoms with E-state index in [0.29, 0.717) is 22.2 Å². The minimum atomic E-state index is -0.457. The van der Waals surface area contributed by atoms with Gasteiger partial charge in [0.15, 0.2) is 0 Å². The van der Waals surface area contributed by atoms with Crippen molar-refractivity contribution in [3.05, 3.63) is 64.2 Å². The number of thioether (sulfide) groups is 1. The van der Waals surface area contributed by atoms with Gasteiger partial charge in [-0.2, -0.15) is 5.10 Å².